The Kier molecular flexibility index (Phi) is 2.66. The van der Waals surface area contributed by atoms with E-state index < -0.39 is 0 Å². The molecule has 1 saturated heterocycles. The Morgan fingerprint density at radius 2 is 1.79 bits per heavy atom. The van der Waals surface area contributed by atoms with Gasteiger partial charge in [-0.1, -0.05) is 19.3 Å². The molecule has 14 heavy (non-hydrogen) atoms. The summed E-state index contributed by atoms with van der Waals surface area (Å²) in [5, 5.41) is 0. The minimum Gasteiger partial charge on any atom is -0.326 e. The van der Waals surface area contributed by atoms with Crippen molar-refractivity contribution in [3.63, 3.8) is 0 Å². The molecular formula is C11H20N2O. The first-order chi connectivity index (χ1) is 6.70. The summed E-state index contributed by atoms with van der Waals surface area (Å²) in [4.78, 5) is 15.4. The first-order valence-electron chi connectivity index (χ1n) is 5.68. The molecule has 0 aromatic rings. The molecule has 0 aromatic carbocycles. The van der Waals surface area contributed by atoms with Crippen LogP contribution in [0.25, 0.3) is 0 Å². The highest BCUT2D eigenvalue weighted by atomic mass is 16.2. The van der Waals surface area contributed by atoms with Crippen molar-refractivity contribution in [3.05, 3.63) is 0 Å². The third-order valence-electron chi connectivity index (χ3n) is 3.78. The monoisotopic (exact) mass is 196 g/mol. The highest BCUT2D eigenvalue weighted by molar-refractivity contribution is 5.76. The van der Waals surface area contributed by atoms with Crippen LogP contribution in [0.3, 0.4) is 0 Å². The summed E-state index contributed by atoms with van der Waals surface area (Å²) >= 11 is 0. The van der Waals surface area contributed by atoms with Gasteiger partial charge in [0.25, 0.3) is 0 Å². The van der Waals surface area contributed by atoms with Gasteiger partial charge in [-0.15, -0.1) is 0 Å². The second-order valence-corrected chi connectivity index (χ2v) is 4.74. The van der Waals surface area contributed by atoms with Crippen molar-refractivity contribution in [1.29, 1.82) is 0 Å². The fourth-order valence-electron chi connectivity index (χ4n) is 2.88. The number of hydrogen-bond donors (Lipinski definition) is 0. The summed E-state index contributed by atoms with van der Waals surface area (Å²) < 4.78 is 0. The largest absolute Gasteiger partial charge is 0.326 e. The maximum absolute atomic E-state index is 11.6. The van der Waals surface area contributed by atoms with Crippen LogP contribution in [0.5, 0.6) is 0 Å². The van der Waals surface area contributed by atoms with Gasteiger partial charge in [-0.25, -0.2) is 4.79 Å². The van der Waals surface area contributed by atoms with Gasteiger partial charge in [0.15, 0.2) is 0 Å². The summed E-state index contributed by atoms with van der Waals surface area (Å²) in [5.74, 6) is 0.752. The number of nitrogens with zero attached hydrogens (tertiary/aromatic N) is 2. The van der Waals surface area contributed by atoms with E-state index in [1.54, 1.807) is 0 Å². The summed E-state index contributed by atoms with van der Waals surface area (Å²) in [5.41, 5.74) is 0. The van der Waals surface area contributed by atoms with E-state index in [-0.39, 0.29) is 6.03 Å². The van der Waals surface area contributed by atoms with Crippen molar-refractivity contribution in [2.75, 3.05) is 20.6 Å². The van der Waals surface area contributed by atoms with Gasteiger partial charge >= 0.3 is 6.03 Å². The summed E-state index contributed by atoms with van der Waals surface area (Å²) in [6.45, 7) is 0.931. The zero-order valence-electron chi connectivity index (χ0n) is 9.20. The maximum Gasteiger partial charge on any atom is 0.319 e. The molecule has 0 bridgehead atoms. The van der Waals surface area contributed by atoms with Crippen LogP contribution in [0.1, 0.15) is 32.1 Å². The average molecular weight is 196 g/mol. The van der Waals surface area contributed by atoms with Crippen LogP contribution >= 0.6 is 0 Å². The van der Waals surface area contributed by atoms with Crippen LogP contribution in [0.15, 0.2) is 0 Å². The van der Waals surface area contributed by atoms with Gasteiger partial charge in [0.2, 0.25) is 0 Å². The van der Waals surface area contributed by atoms with Gasteiger partial charge < -0.3 is 9.80 Å². The molecule has 2 rings (SSSR count). The number of hydrogen-bond acceptors (Lipinski definition) is 1. The topological polar surface area (TPSA) is 23.6 Å². The molecule has 1 heterocycles. The predicted octanol–water partition coefficient (Wildman–Crippen LogP) is 1.93. The van der Waals surface area contributed by atoms with Crippen LogP contribution in [-0.4, -0.2) is 42.5 Å². The Balaban J connectivity index is 2.00. The number of carbonyl (C=O) groups excluding carboxylic acids is 1. The summed E-state index contributed by atoms with van der Waals surface area (Å²) in [6, 6.07) is 0.674. The van der Waals surface area contributed by atoms with Crippen molar-refractivity contribution < 1.29 is 4.79 Å². The number of rotatable bonds is 1. The van der Waals surface area contributed by atoms with Crippen LogP contribution < -0.4 is 0 Å². The van der Waals surface area contributed by atoms with Gasteiger partial charge in [-0.05, 0) is 18.8 Å². The molecule has 2 amide bonds. The van der Waals surface area contributed by atoms with Crippen molar-refractivity contribution in [3.8, 4) is 0 Å². The molecule has 1 aliphatic carbocycles. The lowest BCUT2D eigenvalue weighted by Crippen LogP contribution is -2.36. The molecule has 2 fully saturated rings. The van der Waals surface area contributed by atoms with E-state index in [9.17, 15) is 4.79 Å². The van der Waals surface area contributed by atoms with E-state index in [1.807, 2.05) is 23.9 Å². The Morgan fingerprint density at radius 1 is 1.14 bits per heavy atom. The van der Waals surface area contributed by atoms with Gasteiger partial charge in [-0.3, -0.25) is 0 Å². The fourth-order valence-corrected chi connectivity index (χ4v) is 2.88. The van der Waals surface area contributed by atoms with Crippen molar-refractivity contribution >= 4 is 6.03 Å². The Bertz CT molecular complexity index is 223. The lowest BCUT2D eigenvalue weighted by atomic mass is 9.84. The van der Waals surface area contributed by atoms with E-state index in [2.05, 4.69) is 0 Å². The van der Waals surface area contributed by atoms with E-state index >= 15 is 0 Å². The normalized spacial score (nSPS) is 30.1. The highest BCUT2D eigenvalue weighted by Gasteiger charge is 2.37. The van der Waals surface area contributed by atoms with Gasteiger partial charge in [-0.2, -0.15) is 0 Å². The lowest BCUT2D eigenvalue weighted by molar-refractivity contribution is 0.181. The molecule has 80 valence electrons. The first-order valence-corrected chi connectivity index (χ1v) is 5.68. The molecule has 3 heteroatoms. The lowest BCUT2D eigenvalue weighted by Gasteiger charge is -2.30. The molecule has 1 atom stereocenters. The predicted molar refractivity (Wildman–Crippen MR) is 56.2 cm³/mol. The van der Waals surface area contributed by atoms with E-state index in [1.165, 1.54) is 32.1 Å². The van der Waals surface area contributed by atoms with E-state index in [4.69, 9.17) is 0 Å². The first kappa shape index (κ1) is 9.81. The average Bonchev–Trinajstić information content (AvgIpc) is 2.47. The molecule has 3 nitrogen and oxygen atoms in total. The quantitative estimate of drug-likeness (QED) is 0.628. The molecule has 2 aliphatic rings. The molecule has 0 aromatic heterocycles. The summed E-state index contributed by atoms with van der Waals surface area (Å²) in [7, 11) is 3.85. The minimum atomic E-state index is 0.195. The smallest absolute Gasteiger partial charge is 0.319 e. The number of carbonyl (C=O) groups is 1. The van der Waals surface area contributed by atoms with Crippen molar-refractivity contribution in [2.24, 2.45) is 5.92 Å². The minimum absolute atomic E-state index is 0.195. The number of amides is 2. The molecule has 1 aliphatic heterocycles. The van der Waals surface area contributed by atoms with Crippen LogP contribution in [-0.2, 0) is 0 Å². The van der Waals surface area contributed by atoms with Crippen LogP contribution in [0.4, 0.5) is 4.79 Å². The summed E-state index contributed by atoms with van der Waals surface area (Å²) in [6.07, 6.45) is 6.72. The number of urea groups is 1. The molecule has 0 N–H and O–H groups in total. The molecular weight excluding hydrogens is 176 g/mol. The zero-order valence-corrected chi connectivity index (χ0v) is 9.20. The third kappa shape index (κ3) is 1.60. The highest BCUT2D eigenvalue weighted by Crippen LogP contribution is 2.31. The van der Waals surface area contributed by atoms with Crippen molar-refractivity contribution in [1.82, 2.24) is 9.80 Å². The second kappa shape index (κ2) is 3.79. The maximum atomic E-state index is 11.6. The Labute approximate surface area is 86.1 Å². The standard InChI is InChI=1S/C11H20N2O/c1-12-8-10(13(2)11(12)14)9-6-4-3-5-7-9/h9-10H,3-8H2,1-2H3. The van der Waals surface area contributed by atoms with Gasteiger partial charge in [0.05, 0.1) is 6.04 Å². The second-order valence-electron chi connectivity index (χ2n) is 4.74. The Morgan fingerprint density at radius 3 is 2.29 bits per heavy atom. The Hall–Kier alpha value is -0.730. The molecule has 0 radical (unpaired) electrons. The van der Waals surface area contributed by atoms with Gasteiger partial charge in [0, 0.05) is 20.6 Å². The third-order valence-corrected chi connectivity index (χ3v) is 3.78. The molecule has 1 unspecified atom stereocenters. The zero-order chi connectivity index (χ0) is 10.1. The van der Waals surface area contributed by atoms with Gasteiger partial charge in [0.1, 0.15) is 0 Å². The SMILES string of the molecule is CN1CC(C2CCCCC2)N(C)C1=O. The van der Waals surface area contributed by atoms with Crippen molar-refractivity contribution in [2.45, 2.75) is 38.1 Å². The van der Waals surface area contributed by atoms with Crippen LogP contribution in [0, 0.1) is 5.92 Å². The fraction of sp³-hybridized carbons (Fsp3) is 0.909. The number of likely N-dealkylation sites (N-methyl/N-ethyl adjacent to an activating group) is 2. The molecule has 1 saturated carbocycles. The molecule has 0 spiro atoms. The van der Waals surface area contributed by atoms with E-state index in [0.29, 0.717) is 6.04 Å². The van der Waals surface area contributed by atoms with E-state index in [0.717, 1.165) is 12.5 Å². The van der Waals surface area contributed by atoms with Crippen LogP contribution in [0.2, 0.25) is 0 Å².